The topological polar surface area (TPSA) is 50.9 Å². The van der Waals surface area contributed by atoms with Crippen molar-refractivity contribution in [2.75, 3.05) is 0 Å². The Morgan fingerprint density at radius 2 is 2.25 bits per heavy atom. The number of aliphatic hydroxyl groups excluding tert-OH is 1. The number of hydrogen-bond acceptors (Lipinski definition) is 4. The maximum atomic E-state index is 9.28. The van der Waals surface area contributed by atoms with Gasteiger partial charge in [-0.05, 0) is 30.3 Å². The molecule has 1 N–H and O–H groups in total. The van der Waals surface area contributed by atoms with Crippen LogP contribution < -0.4 is 0 Å². The monoisotopic (exact) mass is 235 g/mol. The van der Waals surface area contributed by atoms with Gasteiger partial charge in [-0.15, -0.1) is 0 Å². The number of hydrogen-bond donors (Lipinski definition) is 1. The van der Waals surface area contributed by atoms with Crippen molar-refractivity contribution in [3.05, 3.63) is 35.7 Å². The Morgan fingerprint density at radius 3 is 2.88 bits per heavy atom. The molecule has 0 saturated heterocycles. The summed E-state index contributed by atoms with van der Waals surface area (Å²) in [5, 5.41) is 14.1. The molecule has 0 spiro atoms. The van der Waals surface area contributed by atoms with Gasteiger partial charge in [-0.3, -0.25) is 0 Å². The molecule has 0 aliphatic rings. The smallest absolute Gasteiger partial charge is 0.190 e. The van der Waals surface area contributed by atoms with Crippen LogP contribution in [-0.2, 0) is 13.7 Å². The minimum absolute atomic E-state index is 0.0435. The molecule has 2 aromatic rings. The van der Waals surface area contributed by atoms with Crippen molar-refractivity contribution in [3.63, 3.8) is 0 Å². The lowest BCUT2D eigenvalue weighted by Gasteiger charge is -2.07. The second kappa shape index (κ2) is 4.67. The number of rotatable bonds is 3. The highest BCUT2D eigenvalue weighted by Gasteiger charge is 2.07. The first-order chi connectivity index (χ1) is 7.70. The lowest BCUT2D eigenvalue weighted by atomic mass is 10.1. The lowest BCUT2D eigenvalue weighted by Crippen LogP contribution is -1.94. The molecule has 0 aliphatic carbocycles. The van der Waals surface area contributed by atoms with Crippen LogP contribution in [0.4, 0.5) is 0 Å². The minimum atomic E-state index is 0.0435. The molecule has 0 atom stereocenters. The third-order valence-corrected chi connectivity index (χ3v) is 3.43. The zero-order valence-corrected chi connectivity index (χ0v) is 10.0. The summed E-state index contributed by atoms with van der Waals surface area (Å²) in [5.74, 6) is 0. The van der Waals surface area contributed by atoms with Gasteiger partial charge in [0.25, 0.3) is 0 Å². The average molecular weight is 235 g/mol. The molecule has 2 rings (SSSR count). The molecule has 1 heterocycles. The molecule has 0 aliphatic heterocycles. The summed E-state index contributed by atoms with van der Waals surface area (Å²) in [6.07, 6.45) is 1.52. The quantitative estimate of drug-likeness (QED) is 0.881. The van der Waals surface area contributed by atoms with E-state index in [0.717, 1.165) is 21.2 Å². The van der Waals surface area contributed by atoms with Gasteiger partial charge in [-0.1, -0.05) is 17.7 Å². The number of aromatic nitrogens is 3. The van der Waals surface area contributed by atoms with Gasteiger partial charge in [0.05, 0.1) is 6.61 Å². The zero-order chi connectivity index (χ0) is 11.5. The van der Waals surface area contributed by atoms with Gasteiger partial charge >= 0.3 is 0 Å². The first-order valence-corrected chi connectivity index (χ1v) is 5.74. The molecule has 1 aromatic carbocycles. The minimum Gasteiger partial charge on any atom is -0.392 e. The van der Waals surface area contributed by atoms with E-state index in [1.807, 2.05) is 32.2 Å². The largest absolute Gasteiger partial charge is 0.392 e. The Bertz CT molecular complexity index is 496. The van der Waals surface area contributed by atoms with E-state index < -0.39 is 0 Å². The summed E-state index contributed by atoms with van der Waals surface area (Å²) < 4.78 is 1.71. The van der Waals surface area contributed by atoms with Crippen LogP contribution in [0.5, 0.6) is 0 Å². The van der Waals surface area contributed by atoms with Crippen molar-refractivity contribution in [3.8, 4) is 0 Å². The van der Waals surface area contributed by atoms with E-state index in [1.54, 1.807) is 4.68 Å². The Morgan fingerprint density at radius 1 is 1.44 bits per heavy atom. The van der Waals surface area contributed by atoms with E-state index in [9.17, 15) is 5.11 Å². The normalized spacial score (nSPS) is 10.7. The van der Waals surface area contributed by atoms with Crippen molar-refractivity contribution in [2.45, 2.75) is 23.6 Å². The molecule has 84 valence electrons. The molecule has 1 aromatic heterocycles. The first-order valence-electron chi connectivity index (χ1n) is 4.93. The van der Waals surface area contributed by atoms with Crippen LogP contribution in [0.1, 0.15) is 11.1 Å². The van der Waals surface area contributed by atoms with Crippen LogP contribution in [0.2, 0.25) is 0 Å². The molecule has 4 nitrogen and oxygen atoms in total. The molecule has 5 heteroatoms. The zero-order valence-electron chi connectivity index (χ0n) is 9.21. The number of aryl methyl sites for hydroxylation is 2. The third kappa shape index (κ3) is 2.25. The van der Waals surface area contributed by atoms with Gasteiger partial charge in [0.15, 0.2) is 5.16 Å². The molecule has 0 bridgehead atoms. The predicted octanol–water partition coefficient (Wildman–Crippen LogP) is 1.77. The Kier molecular flexibility index (Phi) is 3.26. The van der Waals surface area contributed by atoms with E-state index in [1.165, 1.54) is 18.1 Å². The lowest BCUT2D eigenvalue weighted by molar-refractivity contribution is 0.279. The number of aliphatic hydroxyl groups is 1. The molecule has 16 heavy (non-hydrogen) atoms. The Labute approximate surface area is 98.3 Å². The van der Waals surface area contributed by atoms with Crippen LogP contribution in [0.25, 0.3) is 0 Å². The van der Waals surface area contributed by atoms with Crippen LogP contribution in [0.3, 0.4) is 0 Å². The SMILES string of the molecule is Cc1ccc(Sc2ncnn2C)c(CO)c1. The van der Waals surface area contributed by atoms with E-state index in [2.05, 4.69) is 10.1 Å². The van der Waals surface area contributed by atoms with Gasteiger partial charge in [-0.25, -0.2) is 9.67 Å². The molecule has 0 radical (unpaired) electrons. The van der Waals surface area contributed by atoms with E-state index in [0.29, 0.717) is 0 Å². The van der Waals surface area contributed by atoms with Crippen LogP contribution in [0, 0.1) is 6.92 Å². The first kappa shape index (κ1) is 11.2. The Hall–Kier alpha value is -1.33. The second-order valence-electron chi connectivity index (χ2n) is 3.54. The number of nitrogens with zero attached hydrogens (tertiary/aromatic N) is 3. The van der Waals surface area contributed by atoms with Crippen molar-refractivity contribution < 1.29 is 5.11 Å². The molecule has 0 amide bonds. The van der Waals surface area contributed by atoms with Crippen LogP contribution >= 0.6 is 11.8 Å². The molecule has 0 saturated carbocycles. The van der Waals surface area contributed by atoms with E-state index in [4.69, 9.17) is 0 Å². The second-order valence-corrected chi connectivity index (χ2v) is 4.55. The summed E-state index contributed by atoms with van der Waals surface area (Å²) in [6, 6.07) is 6.01. The average Bonchev–Trinajstić information content (AvgIpc) is 2.67. The van der Waals surface area contributed by atoms with Crippen molar-refractivity contribution >= 4 is 11.8 Å². The summed E-state index contributed by atoms with van der Waals surface area (Å²) in [4.78, 5) is 5.16. The third-order valence-electron chi connectivity index (χ3n) is 2.26. The molecular formula is C11H13N3OS. The van der Waals surface area contributed by atoms with Gasteiger partial charge < -0.3 is 5.11 Å². The summed E-state index contributed by atoms with van der Waals surface area (Å²) in [5.41, 5.74) is 2.07. The molecule has 0 unspecified atom stereocenters. The van der Waals surface area contributed by atoms with Crippen molar-refractivity contribution in [2.24, 2.45) is 7.05 Å². The van der Waals surface area contributed by atoms with E-state index >= 15 is 0 Å². The molecule has 0 fully saturated rings. The summed E-state index contributed by atoms with van der Waals surface area (Å²) in [6.45, 7) is 2.05. The van der Waals surface area contributed by atoms with Gasteiger partial charge in [-0.2, -0.15) is 5.10 Å². The van der Waals surface area contributed by atoms with E-state index in [-0.39, 0.29) is 6.61 Å². The number of benzene rings is 1. The fourth-order valence-corrected chi connectivity index (χ4v) is 2.27. The predicted molar refractivity (Wildman–Crippen MR) is 62.2 cm³/mol. The highest BCUT2D eigenvalue weighted by atomic mass is 32.2. The van der Waals surface area contributed by atoms with Gasteiger partial charge in [0.2, 0.25) is 0 Å². The maximum absolute atomic E-state index is 9.28. The summed E-state index contributed by atoms with van der Waals surface area (Å²) >= 11 is 1.51. The fraction of sp³-hybridized carbons (Fsp3) is 0.273. The van der Waals surface area contributed by atoms with Crippen molar-refractivity contribution in [1.82, 2.24) is 14.8 Å². The molecular weight excluding hydrogens is 222 g/mol. The fourth-order valence-electron chi connectivity index (χ4n) is 1.41. The van der Waals surface area contributed by atoms with Gasteiger partial charge in [0, 0.05) is 11.9 Å². The maximum Gasteiger partial charge on any atom is 0.190 e. The van der Waals surface area contributed by atoms with Crippen LogP contribution in [0.15, 0.2) is 34.6 Å². The standard InChI is InChI=1S/C11H13N3OS/c1-8-3-4-10(9(5-8)6-15)16-11-12-7-13-14(11)2/h3-5,7,15H,6H2,1-2H3. The highest BCUT2D eigenvalue weighted by molar-refractivity contribution is 7.99. The highest BCUT2D eigenvalue weighted by Crippen LogP contribution is 2.29. The van der Waals surface area contributed by atoms with Gasteiger partial charge in [0.1, 0.15) is 6.33 Å². The summed E-state index contributed by atoms with van der Waals surface area (Å²) in [7, 11) is 1.85. The van der Waals surface area contributed by atoms with Crippen molar-refractivity contribution in [1.29, 1.82) is 0 Å². The Balaban J connectivity index is 2.31. The van der Waals surface area contributed by atoms with Crippen LogP contribution in [-0.4, -0.2) is 19.9 Å².